The Kier molecular flexibility index (Phi) is 2.74. The minimum atomic E-state index is -0.640. The number of nitrogens with one attached hydrogen (secondary N) is 1. The Balaban J connectivity index is 2.81. The molecule has 0 aliphatic carbocycles. The number of aromatic nitrogens is 1. The number of hydrogen-bond donors (Lipinski definition) is 1. The van der Waals surface area contributed by atoms with E-state index in [9.17, 15) is 9.18 Å². The highest BCUT2D eigenvalue weighted by molar-refractivity contribution is 5.92. The van der Waals surface area contributed by atoms with Crippen LogP contribution in [-0.4, -0.2) is 17.4 Å². The van der Waals surface area contributed by atoms with Gasteiger partial charge in [-0.15, -0.1) is 0 Å². The first-order chi connectivity index (χ1) is 5.74. The van der Waals surface area contributed by atoms with E-state index < -0.39 is 5.95 Å². The van der Waals surface area contributed by atoms with Crippen molar-refractivity contribution < 1.29 is 9.18 Å². The third kappa shape index (κ3) is 2.02. The number of pyridine rings is 1. The van der Waals surface area contributed by atoms with Gasteiger partial charge >= 0.3 is 0 Å². The van der Waals surface area contributed by atoms with Crippen LogP contribution < -0.4 is 5.32 Å². The number of halogens is 1. The maximum Gasteiger partial charge on any atom is 0.269 e. The summed E-state index contributed by atoms with van der Waals surface area (Å²) in [5, 5.41) is 2.52. The predicted octanol–water partition coefficient (Wildman–Crippen LogP) is 0.970. The lowest BCUT2D eigenvalue weighted by Crippen LogP contribution is -2.23. The van der Waals surface area contributed by atoms with Gasteiger partial charge in [-0.25, -0.2) is 4.98 Å². The molecule has 0 saturated heterocycles. The molecule has 1 aromatic rings. The molecular weight excluding hydrogens is 159 g/mol. The molecule has 0 spiro atoms. The smallest absolute Gasteiger partial charge is 0.269 e. The molecule has 0 aliphatic rings. The Hall–Kier alpha value is -1.45. The summed E-state index contributed by atoms with van der Waals surface area (Å²) in [5.74, 6) is -0.990. The number of rotatable bonds is 2. The molecule has 3 nitrogen and oxygen atoms in total. The van der Waals surface area contributed by atoms with Crippen molar-refractivity contribution in [3.05, 3.63) is 29.8 Å². The molecule has 0 radical (unpaired) electrons. The van der Waals surface area contributed by atoms with E-state index >= 15 is 0 Å². The molecule has 0 aromatic carbocycles. The molecule has 0 unspecified atom stereocenters. The van der Waals surface area contributed by atoms with Crippen molar-refractivity contribution in [3.8, 4) is 0 Å². The number of carbonyl (C=O) groups is 1. The highest BCUT2D eigenvalue weighted by Crippen LogP contribution is 1.96. The molecule has 1 amide bonds. The van der Waals surface area contributed by atoms with E-state index in [4.69, 9.17) is 0 Å². The lowest BCUT2D eigenvalue weighted by Gasteiger charge is -1.99. The summed E-state index contributed by atoms with van der Waals surface area (Å²) in [6.45, 7) is 2.30. The van der Waals surface area contributed by atoms with Gasteiger partial charge in [0.15, 0.2) is 0 Å². The van der Waals surface area contributed by atoms with Gasteiger partial charge in [0.2, 0.25) is 5.95 Å². The molecule has 0 bridgehead atoms. The zero-order valence-corrected chi connectivity index (χ0v) is 6.67. The van der Waals surface area contributed by atoms with Crippen LogP contribution in [0.4, 0.5) is 4.39 Å². The van der Waals surface area contributed by atoms with Crippen LogP contribution in [0.15, 0.2) is 18.2 Å². The normalized spacial score (nSPS) is 9.50. The molecule has 1 heterocycles. The summed E-state index contributed by atoms with van der Waals surface area (Å²) in [6.07, 6.45) is 0. The highest BCUT2D eigenvalue weighted by atomic mass is 19.1. The second-order valence-electron chi connectivity index (χ2n) is 2.21. The Morgan fingerprint density at radius 2 is 2.42 bits per heavy atom. The van der Waals surface area contributed by atoms with Gasteiger partial charge in [0.1, 0.15) is 5.69 Å². The molecule has 64 valence electrons. The Bertz CT molecular complexity index is 288. The van der Waals surface area contributed by atoms with Crippen LogP contribution in [0.1, 0.15) is 17.4 Å². The largest absolute Gasteiger partial charge is 0.351 e. The topological polar surface area (TPSA) is 42.0 Å². The van der Waals surface area contributed by atoms with Crippen molar-refractivity contribution in [2.24, 2.45) is 0 Å². The fourth-order valence-corrected chi connectivity index (χ4v) is 0.786. The predicted molar refractivity (Wildman–Crippen MR) is 42.2 cm³/mol. The van der Waals surface area contributed by atoms with E-state index in [-0.39, 0.29) is 11.6 Å². The zero-order valence-electron chi connectivity index (χ0n) is 6.67. The van der Waals surface area contributed by atoms with Crippen molar-refractivity contribution in [2.45, 2.75) is 6.92 Å². The summed E-state index contributed by atoms with van der Waals surface area (Å²) >= 11 is 0. The second-order valence-corrected chi connectivity index (χ2v) is 2.21. The van der Waals surface area contributed by atoms with Crippen molar-refractivity contribution in [2.75, 3.05) is 6.54 Å². The summed E-state index contributed by atoms with van der Waals surface area (Å²) in [7, 11) is 0. The molecule has 1 rings (SSSR count). The van der Waals surface area contributed by atoms with Gasteiger partial charge in [-0.05, 0) is 19.1 Å². The number of hydrogen-bond acceptors (Lipinski definition) is 2. The van der Waals surface area contributed by atoms with E-state index in [0.717, 1.165) is 0 Å². The summed E-state index contributed by atoms with van der Waals surface area (Å²) in [4.78, 5) is 14.5. The molecule has 0 fully saturated rings. The van der Waals surface area contributed by atoms with Crippen LogP contribution in [0.5, 0.6) is 0 Å². The fourth-order valence-electron chi connectivity index (χ4n) is 0.786. The van der Waals surface area contributed by atoms with E-state index in [2.05, 4.69) is 10.3 Å². The lowest BCUT2D eigenvalue weighted by molar-refractivity contribution is 0.0949. The van der Waals surface area contributed by atoms with Gasteiger partial charge in [0, 0.05) is 6.54 Å². The monoisotopic (exact) mass is 168 g/mol. The van der Waals surface area contributed by atoms with Gasteiger partial charge in [-0.1, -0.05) is 6.07 Å². The van der Waals surface area contributed by atoms with Crippen LogP contribution in [0, 0.1) is 5.95 Å². The molecule has 0 saturated carbocycles. The molecule has 0 aliphatic heterocycles. The van der Waals surface area contributed by atoms with Gasteiger partial charge in [-0.2, -0.15) is 4.39 Å². The average molecular weight is 168 g/mol. The van der Waals surface area contributed by atoms with Crippen LogP contribution in [0.3, 0.4) is 0 Å². The van der Waals surface area contributed by atoms with Crippen LogP contribution in [-0.2, 0) is 0 Å². The maximum atomic E-state index is 12.5. The maximum absolute atomic E-state index is 12.5. The molecule has 12 heavy (non-hydrogen) atoms. The van der Waals surface area contributed by atoms with Crippen LogP contribution in [0.25, 0.3) is 0 Å². The van der Waals surface area contributed by atoms with E-state index in [1.54, 1.807) is 6.92 Å². The van der Waals surface area contributed by atoms with Gasteiger partial charge in [0.25, 0.3) is 5.91 Å². The molecular formula is C8H9FN2O. The lowest BCUT2D eigenvalue weighted by atomic mass is 10.3. The van der Waals surface area contributed by atoms with Gasteiger partial charge in [0.05, 0.1) is 0 Å². The summed E-state index contributed by atoms with van der Waals surface area (Å²) in [5.41, 5.74) is 0.108. The minimum Gasteiger partial charge on any atom is -0.351 e. The molecule has 0 atom stereocenters. The first kappa shape index (κ1) is 8.64. The van der Waals surface area contributed by atoms with E-state index in [0.29, 0.717) is 6.54 Å². The third-order valence-corrected chi connectivity index (χ3v) is 1.29. The average Bonchev–Trinajstić information content (AvgIpc) is 2.05. The Morgan fingerprint density at radius 3 is 3.00 bits per heavy atom. The third-order valence-electron chi connectivity index (χ3n) is 1.29. The standard InChI is InChI=1S/C8H9FN2O/c1-2-10-8(12)6-4-3-5-7(9)11-6/h3-5H,2H2,1H3,(H,10,12). The first-order valence-electron chi connectivity index (χ1n) is 3.64. The van der Waals surface area contributed by atoms with E-state index in [1.807, 2.05) is 0 Å². The summed E-state index contributed by atoms with van der Waals surface area (Å²) in [6, 6.07) is 4.11. The SMILES string of the molecule is CCNC(=O)c1cccc(F)n1. The number of amides is 1. The van der Waals surface area contributed by atoms with Gasteiger partial charge in [-0.3, -0.25) is 4.79 Å². The first-order valence-corrected chi connectivity index (χ1v) is 3.64. The zero-order chi connectivity index (χ0) is 8.97. The van der Waals surface area contributed by atoms with E-state index in [1.165, 1.54) is 18.2 Å². The Morgan fingerprint density at radius 1 is 1.67 bits per heavy atom. The Labute approximate surface area is 69.6 Å². The number of nitrogens with zero attached hydrogens (tertiary/aromatic N) is 1. The van der Waals surface area contributed by atoms with Crippen molar-refractivity contribution in [1.82, 2.24) is 10.3 Å². The fraction of sp³-hybridized carbons (Fsp3) is 0.250. The highest BCUT2D eigenvalue weighted by Gasteiger charge is 2.05. The van der Waals surface area contributed by atoms with Crippen molar-refractivity contribution >= 4 is 5.91 Å². The minimum absolute atomic E-state index is 0.108. The van der Waals surface area contributed by atoms with Crippen LogP contribution >= 0.6 is 0 Å². The van der Waals surface area contributed by atoms with Crippen LogP contribution in [0.2, 0.25) is 0 Å². The van der Waals surface area contributed by atoms with Crippen molar-refractivity contribution in [3.63, 3.8) is 0 Å². The number of carbonyl (C=O) groups excluding carboxylic acids is 1. The molecule has 4 heteroatoms. The quantitative estimate of drug-likeness (QED) is 0.668. The molecule has 1 N–H and O–H groups in total. The summed E-state index contributed by atoms with van der Waals surface area (Å²) < 4.78 is 12.5. The van der Waals surface area contributed by atoms with Crippen molar-refractivity contribution in [1.29, 1.82) is 0 Å². The molecule has 1 aromatic heterocycles. The van der Waals surface area contributed by atoms with Gasteiger partial charge < -0.3 is 5.32 Å². The second kappa shape index (κ2) is 3.80.